The molecule has 1 unspecified atom stereocenters. The number of nitrogens with one attached hydrogen (secondary N) is 1. The SMILES string of the molecule is CC(CNCc1cccc(C(N)=O)c1)C(C)(C)C. The van der Waals surface area contributed by atoms with E-state index in [-0.39, 0.29) is 5.91 Å². The molecule has 18 heavy (non-hydrogen) atoms. The van der Waals surface area contributed by atoms with Gasteiger partial charge in [-0.3, -0.25) is 4.79 Å². The topological polar surface area (TPSA) is 55.1 Å². The summed E-state index contributed by atoms with van der Waals surface area (Å²) in [6.07, 6.45) is 0. The number of carbonyl (C=O) groups excluding carboxylic acids is 1. The van der Waals surface area contributed by atoms with Crippen molar-refractivity contribution >= 4 is 5.91 Å². The van der Waals surface area contributed by atoms with Crippen molar-refractivity contribution in [2.24, 2.45) is 17.1 Å². The first kappa shape index (κ1) is 14.7. The molecule has 1 aromatic carbocycles. The first-order valence-corrected chi connectivity index (χ1v) is 6.40. The molecule has 0 aliphatic rings. The smallest absolute Gasteiger partial charge is 0.248 e. The van der Waals surface area contributed by atoms with Gasteiger partial charge in [0.2, 0.25) is 5.91 Å². The van der Waals surface area contributed by atoms with Gasteiger partial charge in [-0.25, -0.2) is 0 Å². The molecule has 3 nitrogen and oxygen atoms in total. The Kier molecular flexibility index (Phi) is 4.91. The van der Waals surface area contributed by atoms with Crippen LogP contribution in [0.25, 0.3) is 0 Å². The summed E-state index contributed by atoms with van der Waals surface area (Å²) in [6, 6.07) is 7.45. The van der Waals surface area contributed by atoms with E-state index in [2.05, 4.69) is 33.0 Å². The molecule has 3 heteroatoms. The van der Waals surface area contributed by atoms with Crippen molar-refractivity contribution in [3.8, 4) is 0 Å². The Bertz CT molecular complexity index is 407. The Morgan fingerprint density at radius 3 is 2.61 bits per heavy atom. The molecule has 0 radical (unpaired) electrons. The number of benzene rings is 1. The molecular weight excluding hydrogens is 224 g/mol. The van der Waals surface area contributed by atoms with Gasteiger partial charge >= 0.3 is 0 Å². The van der Waals surface area contributed by atoms with Crippen LogP contribution in [0.1, 0.15) is 43.6 Å². The second kappa shape index (κ2) is 6.01. The number of rotatable bonds is 5. The van der Waals surface area contributed by atoms with Gasteiger partial charge in [0.25, 0.3) is 0 Å². The Labute approximate surface area is 110 Å². The van der Waals surface area contributed by atoms with Crippen LogP contribution in [0.5, 0.6) is 0 Å². The molecule has 0 aromatic heterocycles. The minimum atomic E-state index is -0.375. The van der Waals surface area contributed by atoms with Crippen LogP contribution in [0.3, 0.4) is 0 Å². The summed E-state index contributed by atoms with van der Waals surface area (Å²) in [4.78, 5) is 11.1. The van der Waals surface area contributed by atoms with E-state index in [4.69, 9.17) is 5.73 Å². The molecule has 0 saturated heterocycles. The molecule has 0 aliphatic heterocycles. The number of primary amides is 1. The molecule has 1 amide bonds. The van der Waals surface area contributed by atoms with E-state index in [1.165, 1.54) is 0 Å². The van der Waals surface area contributed by atoms with Crippen LogP contribution in [0, 0.1) is 11.3 Å². The van der Waals surface area contributed by atoms with Gasteiger partial charge in [-0.05, 0) is 35.6 Å². The fourth-order valence-electron chi connectivity index (χ4n) is 1.57. The average Bonchev–Trinajstić information content (AvgIpc) is 2.28. The van der Waals surface area contributed by atoms with Crippen molar-refractivity contribution < 1.29 is 4.79 Å². The fraction of sp³-hybridized carbons (Fsp3) is 0.533. The zero-order valence-electron chi connectivity index (χ0n) is 11.8. The van der Waals surface area contributed by atoms with E-state index in [1.54, 1.807) is 6.07 Å². The molecule has 1 aromatic rings. The Morgan fingerprint density at radius 1 is 1.39 bits per heavy atom. The van der Waals surface area contributed by atoms with Crippen molar-refractivity contribution in [2.75, 3.05) is 6.54 Å². The zero-order valence-corrected chi connectivity index (χ0v) is 11.8. The summed E-state index contributed by atoms with van der Waals surface area (Å²) in [6.45, 7) is 10.7. The maximum Gasteiger partial charge on any atom is 0.248 e. The van der Waals surface area contributed by atoms with Crippen molar-refractivity contribution in [1.82, 2.24) is 5.32 Å². The van der Waals surface area contributed by atoms with Crippen LogP contribution in [0.2, 0.25) is 0 Å². The molecular formula is C15H24N2O. The zero-order chi connectivity index (χ0) is 13.8. The summed E-state index contributed by atoms with van der Waals surface area (Å²) in [7, 11) is 0. The van der Waals surface area contributed by atoms with E-state index >= 15 is 0 Å². The van der Waals surface area contributed by atoms with Gasteiger partial charge in [0.1, 0.15) is 0 Å². The molecule has 0 heterocycles. The summed E-state index contributed by atoms with van der Waals surface area (Å²) >= 11 is 0. The Hall–Kier alpha value is -1.35. The normalized spacial score (nSPS) is 13.3. The molecule has 0 fully saturated rings. The first-order chi connectivity index (χ1) is 8.30. The number of hydrogen-bond donors (Lipinski definition) is 2. The van der Waals surface area contributed by atoms with Gasteiger partial charge in [0.05, 0.1) is 0 Å². The van der Waals surface area contributed by atoms with Crippen LogP contribution in [0.15, 0.2) is 24.3 Å². The monoisotopic (exact) mass is 248 g/mol. The highest BCUT2D eigenvalue weighted by molar-refractivity contribution is 5.92. The lowest BCUT2D eigenvalue weighted by atomic mass is 9.82. The van der Waals surface area contributed by atoms with Crippen molar-refractivity contribution in [3.63, 3.8) is 0 Å². The molecule has 0 bridgehead atoms. The van der Waals surface area contributed by atoms with Gasteiger partial charge < -0.3 is 11.1 Å². The van der Waals surface area contributed by atoms with E-state index < -0.39 is 0 Å². The van der Waals surface area contributed by atoms with Gasteiger partial charge in [-0.2, -0.15) is 0 Å². The quantitative estimate of drug-likeness (QED) is 0.841. The first-order valence-electron chi connectivity index (χ1n) is 6.40. The van der Waals surface area contributed by atoms with E-state index in [0.717, 1.165) is 18.7 Å². The van der Waals surface area contributed by atoms with Crippen LogP contribution in [-0.4, -0.2) is 12.5 Å². The standard InChI is InChI=1S/C15H24N2O/c1-11(15(2,3)4)9-17-10-12-6-5-7-13(8-12)14(16)18/h5-8,11,17H,9-10H2,1-4H3,(H2,16,18). The third-order valence-corrected chi connectivity index (χ3v) is 3.47. The Balaban J connectivity index is 2.49. The van der Waals surface area contributed by atoms with Crippen molar-refractivity contribution in [1.29, 1.82) is 0 Å². The highest BCUT2D eigenvalue weighted by Gasteiger charge is 2.19. The predicted molar refractivity (Wildman–Crippen MR) is 75.3 cm³/mol. The molecule has 1 atom stereocenters. The highest BCUT2D eigenvalue weighted by Crippen LogP contribution is 2.24. The minimum Gasteiger partial charge on any atom is -0.366 e. The van der Waals surface area contributed by atoms with Crippen molar-refractivity contribution in [2.45, 2.75) is 34.2 Å². The molecule has 0 aliphatic carbocycles. The second-order valence-corrected chi connectivity index (χ2v) is 5.96. The lowest BCUT2D eigenvalue weighted by Crippen LogP contribution is -2.29. The Morgan fingerprint density at radius 2 is 2.06 bits per heavy atom. The highest BCUT2D eigenvalue weighted by atomic mass is 16.1. The maximum atomic E-state index is 11.1. The van der Waals surface area contributed by atoms with E-state index in [0.29, 0.717) is 16.9 Å². The molecule has 3 N–H and O–H groups in total. The van der Waals surface area contributed by atoms with Gasteiger partial charge in [0, 0.05) is 12.1 Å². The molecule has 1 rings (SSSR count). The minimum absolute atomic E-state index is 0.308. The van der Waals surface area contributed by atoms with Gasteiger partial charge in [-0.15, -0.1) is 0 Å². The maximum absolute atomic E-state index is 11.1. The van der Waals surface area contributed by atoms with Gasteiger partial charge in [-0.1, -0.05) is 39.8 Å². The fourth-order valence-corrected chi connectivity index (χ4v) is 1.57. The van der Waals surface area contributed by atoms with Gasteiger partial charge in [0.15, 0.2) is 0 Å². The van der Waals surface area contributed by atoms with Crippen LogP contribution >= 0.6 is 0 Å². The predicted octanol–water partition coefficient (Wildman–Crippen LogP) is 2.56. The number of hydrogen-bond acceptors (Lipinski definition) is 2. The van der Waals surface area contributed by atoms with E-state index in [9.17, 15) is 4.79 Å². The van der Waals surface area contributed by atoms with Crippen molar-refractivity contribution in [3.05, 3.63) is 35.4 Å². The summed E-state index contributed by atoms with van der Waals surface area (Å²) in [5.41, 5.74) is 7.22. The van der Waals surface area contributed by atoms with Crippen LogP contribution in [0.4, 0.5) is 0 Å². The third-order valence-electron chi connectivity index (χ3n) is 3.47. The van der Waals surface area contributed by atoms with Crippen LogP contribution < -0.4 is 11.1 Å². The largest absolute Gasteiger partial charge is 0.366 e. The second-order valence-electron chi connectivity index (χ2n) is 5.96. The lowest BCUT2D eigenvalue weighted by Gasteiger charge is -2.27. The average molecular weight is 248 g/mol. The third kappa shape index (κ3) is 4.49. The summed E-state index contributed by atoms with van der Waals surface area (Å²) in [5.74, 6) is 0.219. The van der Waals surface area contributed by atoms with Crippen LogP contribution in [-0.2, 0) is 6.54 Å². The molecule has 100 valence electrons. The number of carbonyl (C=O) groups is 1. The molecule has 0 saturated carbocycles. The summed E-state index contributed by atoms with van der Waals surface area (Å²) in [5, 5.41) is 3.42. The summed E-state index contributed by atoms with van der Waals surface area (Å²) < 4.78 is 0. The molecule has 0 spiro atoms. The number of amides is 1. The lowest BCUT2D eigenvalue weighted by molar-refractivity contribution is 0.1000. The number of nitrogens with two attached hydrogens (primary N) is 1. The van der Waals surface area contributed by atoms with E-state index in [1.807, 2.05) is 18.2 Å².